The molecule has 1 aromatic rings. The molecule has 0 spiro atoms. The number of nitrogen functional groups attached to an aromatic ring is 1. The quantitative estimate of drug-likeness (QED) is 0.563. The molecule has 5 heteroatoms. The van der Waals surface area contributed by atoms with Crippen molar-refractivity contribution in [2.24, 2.45) is 0 Å². The highest BCUT2D eigenvalue weighted by molar-refractivity contribution is 5.31. The lowest BCUT2D eigenvalue weighted by Gasteiger charge is -1.99. The normalized spacial score (nSPS) is 9.91. The van der Waals surface area contributed by atoms with E-state index in [4.69, 9.17) is 10.8 Å². The van der Waals surface area contributed by atoms with E-state index in [-0.39, 0.29) is 18.7 Å². The van der Waals surface area contributed by atoms with Crippen LogP contribution in [0.1, 0.15) is 0 Å². The van der Waals surface area contributed by atoms with Crippen LogP contribution >= 0.6 is 0 Å². The summed E-state index contributed by atoms with van der Waals surface area (Å²) < 4.78 is 1.15. The lowest BCUT2D eigenvalue weighted by atomic mass is 10.5. The summed E-state index contributed by atoms with van der Waals surface area (Å²) in [5, 5.41) is 12.2. The van der Waals surface area contributed by atoms with Gasteiger partial charge in [-0.25, -0.2) is 4.68 Å². The minimum absolute atomic E-state index is 0.100. The van der Waals surface area contributed by atoms with E-state index >= 15 is 0 Å². The Hall–Kier alpha value is -1.36. The Labute approximate surface area is 63.1 Å². The van der Waals surface area contributed by atoms with Crippen LogP contribution in [0.15, 0.2) is 17.1 Å². The summed E-state index contributed by atoms with van der Waals surface area (Å²) in [5.74, 6) is 0. The third-order valence-electron chi connectivity index (χ3n) is 1.20. The van der Waals surface area contributed by atoms with Crippen molar-refractivity contribution >= 4 is 5.69 Å². The minimum atomic E-state index is -0.293. The monoisotopic (exact) mass is 155 g/mol. The van der Waals surface area contributed by atoms with Crippen molar-refractivity contribution in [3.8, 4) is 0 Å². The molecule has 5 nitrogen and oxygen atoms in total. The van der Waals surface area contributed by atoms with Crippen LogP contribution in [-0.4, -0.2) is 21.5 Å². The second-order valence-corrected chi connectivity index (χ2v) is 2.07. The summed E-state index contributed by atoms with van der Waals surface area (Å²) in [6, 6.07) is 1.27. The number of aliphatic hydroxyl groups excluding tert-OH is 1. The maximum absolute atomic E-state index is 10.9. The topological polar surface area (TPSA) is 81.1 Å². The Bertz CT molecular complexity index is 294. The first-order chi connectivity index (χ1) is 5.24. The van der Waals surface area contributed by atoms with Gasteiger partial charge in [-0.05, 0) is 0 Å². The van der Waals surface area contributed by atoms with E-state index in [1.54, 1.807) is 0 Å². The SMILES string of the molecule is Nc1cnn(CCO)c(=O)c1. The lowest BCUT2D eigenvalue weighted by molar-refractivity contribution is 0.266. The molecule has 11 heavy (non-hydrogen) atoms. The van der Waals surface area contributed by atoms with E-state index in [1.807, 2.05) is 0 Å². The Morgan fingerprint density at radius 1 is 1.73 bits per heavy atom. The van der Waals surface area contributed by atoms with Crippen molar-refractivity contribution in [3.63, 3.8) is 0 Å². The van der Waals surface area contributed by atoms with Gasteiger partial charge >= 0.3 is 0 Å². The second-order valence-electron chi connectivity index (χ2n) is 2.07. The molecule has 1 aromatic heterocycles. The standard InChI is InChI=1S/C6H9N3O2/c7-5-3-6(11)9(1-2-10)8-4-5/h3-4,10H,1-2,7H2. The average Bonchev–Trinajstić information content (AvgIpc) is 1.95. The number of nitrogens with zero attached hydrogens (tertiary/aromatic N) is 2. The molecule has 1 rings (SSSR count). The maximum Gasteiger partial charge on any atom is 0.268 e. The van der Waals surface area contributed by atoms with Gasteiger partial charge in [0, 0.05) is 6.07 Å². The predicted octanol–water partition coefficient (Wildman–Crippen LogP) is -1.18. The number of hydrogen-bond acceptors (Lipinski definition) is 4. The summed E-state index contributed by atoms with van der Waals surface area (Å²) >= 11 is 0. The molecule has 0 aliphatic carbocycles. The highest BCUT2D eigenvalue weighted by atomic mass is 16.3. The molecule has 0 saturated heterocycles. The second kappa shape index (κ2) is 3.16. The average molecular weight is 155 g/mol. The van der Waals surface area contributed by atoms with Crippen LogP contribution in [0.3, 0.4) is 0 Å². The highest BCUT2D eigenvalue weighted by Gasteiger charge is 1.94. The van der Waals surface area contributed by atoms with Crippen molar-refractivity contribution < 1.29 is 5.11 Å². The molecule has 1 heterocycles. The summed E-state index contributed by atoms with van der Waals surface area (Å²) in [6.07, 6.45) is 1.37. The van der Waals surface area contributed by atoms with E-state index in [0.717, 1.165) is 4.68 Å². The van der Waals surface area contributed by atoms with Crippen LogP contribution in [0, 0.1) is 0 Å². The summed E-state index contributed by atoms with van der Waals surface area (Å²) in [7, 11) is 0. The van der Waals surface area contributed by atoms with Crippen LogP contribution in [0.5, 0.6) is 0 Å². The molecule has 0 aliphatic heterocycles. The van der Waals surface area contributed by atoms with Crippen LogP contribution in [0.25, 0.3) is 0 Å². The Morgan fingerprint density at radius 3 is 3.00 bits per heavy atom. The first kappa shape index (κ1) is 7.74. The van der Waals surface area contributed by atoms with Crippen LogP contribution < -0.4 is 11.3 Å². The molecule has 0 amide bonds. The lowest BCUT2D eigenvalue weighted by Crippen LogP contribution is -2.23. The van der Waals surface area contributed by atoms with Gasteiger partial charge in [0.15, 0.2) is 0 Å². The zero-order valence-electron chi connectivity index (χ0n) is 5.90. The van der Waals surface area contributed by atoms with E-state index < -0.39 is 0 Å². The molecule has 0 aromatic carbocycles. The third kappa shape index (κ3) is 1.78. The molecule has 3 N–H and O–H groups in total. The van der Waals surface area contributed by atoms with E-state index in [0.29, 0.717) is 5.69 Å². The van der Waals surface area contributed by atoms with Gasteiger partial charge < -0.3 is 10.8 Å². The van der Waals surface area contributed by atoms with Gasteiger partial charge in [-0.2, -0.15) is 5.10 Å². The maximum atomic E-state index is 10.9. The fourth-order valence-corrected chi connectivity index (χ4v) is 0.710. The molecular formula is C6H9N3O2. The molecule has 0 radical (unpaired) electrons. The van der Waals surface area contributed by atoms with Gasteiger partial charge in [-0.3, -0.25) is 4.79 Å². The van der Waals surface area contributed by atoms with E-state index in [2.05, 4.69) is 5.10 Å². The van der Waals surface area contributed by atoms with Gasteiger partial charge in [0.05, 0.1) is 25.0 Å². The summed E-state index contributed by atoms with van der Waals surface area (Å²) in [5.41, 5.74) is 5.33. The van der Waals surface area contributed by atoms with Gasteiger partial charge in [-0.15, -0.1) is 0 Å². The van der Waals surface area contributed by atoms with Gasteiger partial charge in [0.2, 0.25) is 0 Å². The number of anilines is 1. The Balaban J connectivity index is 3.00. The van der Waals surface area contributed by atoms with Gasteiger partial charge in [0.1, 0.15) is 0 Å². The number of aromatic nitrogens is 2. The molecule has 60 valence electrons. The Morgan fingerprint density at radius 2 is 2.45 bits per heavy atom. The molecule has 0 aliphatic rings. The van der Waals surface area contributed by atoms with Gasteiger partial charge in [0.25, 0.3) is 5.56 Å². The molecule has 0 bridgehead atoms. The van der Waals surface area contributed by atoms with Crippen molar-refractivity contribution in [2.75, 3.05) is 12.3 Å². The highest BCUT2D eigenvalue weighted by Crippen LogP contribution is 1.89. The number of rotatable bonds is 2. The molecule has 0 fully saturated rings. The van der Waals surface area contributed by atoms with E-state index in [9.17, 15) is 4.79 Å². The molecule has 0 saturated carbocycles. The van der Waals surface area contributed by atoms with Crippen molar-refractivity contribution in [1.29, 1.82) is 0 Å². The smallest absolute Gasteiger partial charge is 0.268 e. The zero-order chi connectivity index (χ0) is 8.27. The molecule has 0 unspecified atom stereocenters. The molecule has 0 atom stereocenters. The summed E-state index contributed by atoms with van der Waals surface area (Å²) in [6.45, 7) is 0.107. The fourth-order valence-electron chi connectivity index (χ4n) is 0.710. The minimum Gasteiger partial charge on any atom is -0.397 e. The predicted molar refractivity (Wildman–Crippen MR) is 40.0 cm³/mol. The third-order valence-corrected chi connectivity index (χ3v) is 1.20. The zero-order valence-corrected chi connectivity index (χ0v) is 5.90. The largest absolute Gasteiger partial charge is 0.397 e. The van der Waals surface area contributed by atoms with Crippen LogP contribution in [0.2, 0.25) is 0 Å². The van der Waals surface area contributed by atoms with Crippen molar-refractivity contribution in [1.82, 2.24) is 9.78 Å². The Kier molecular flexibility index (Phi) is 2.22. The first-order valence-electron chi connectivity index (χ1n) is 3.17. The number of nitrogens with two attached hydrogens (primary N) is 1. The number of aliphatic hydroxyl groups is 1. The van der Waals surface area contributed by atoms with Crippen molar-refractivity contribution in [3.05, 3.63) is 22.6 Å². The van der Waals surface area contributed by atoms with Crippen LogP contribution in [0.4, 0.5) is 5.69 Å². The summed E-state index contributed by atoms with van der Waals surface area (Å²) in [4.78, 5) is 10.9. The van der Waals surface area contributed by atoms with Crippen LogP contribution in [-0.2, 0) is 6.54 Å². The van der Waals surface area contributed by atoms with Gasteiger partial charge in [-0.1, -0.05) is 0 Å². The first-order valence-corrected chi connectivity index (χ1v) is 3.17. The molecular weight excluding hydrogens is 146 g/mol. The van der Waals surface area contributed by atoms with Crippen molar-refractivity contribution in [2.45, 2.75) is 6.54 Å². The fraction of sp³-hybridized carbons (Fsp3) is 0.333. The number of hydrogen-bond donors (Lipinski definition) is 2. The van der Waals surface area contributed by atoms with E-state index in [1.165, 1.54) is 12.3 Å².